The fraction of sp³-hybridized carbons (Fsp3) is 0.667. The molecule has 0 radical (unpaired) electrons. The number of rotatable bonds is 31. The van der Waals surface area contributed by atoms with Gasteiger partial charge >= 0.3 is 5.97 Å². The first-order valence-electron chi connectivity index (χ1n) is 22.2. The Balaban J connectivity index is 3.33. The second kappa shape index (κ2) is 31.4. The maximum absolute atomic E-state index is 14.0. The van der Waals surface area contributed by atoms with Gasteiger partial charge in [0.25, 0.3) is 0 Å². The summed E-state index contributed by atoms with van der Waals surface area (Å²) in [6, 6.07) is -7.57. The normalized spacial score (nSPS) is 15.0. The minimum Gasteiger partial charge on any atom is -0.480 e. The van der Waals surface area contributed by atoms with Crippen LogP contribution in [0.5, 0.6) is 0 Å². The van der Waals surface area contributed by atoms with Crippen LogP contribution in [0.15, 0.2) is 15.0 Å². The molecule has 30 nitrogen and oxygen atoms in total. The van der Waals surface area contributed by atoms with Crippen molar-refractivity contribution in [2.75, 3.05) is 52.4 Å². The molecule has 0 aliphatic carbocycles. The van der Waals surface area contributed by atoms with Crippen molar-refractivity contribution in [1.29, 1.82) is 0 Å². The van der Waals surface area contributed by atoms with Gasteiger partial charge in [-0.1, -0.05) is 13.8 Å². The molecular weight excluding hydrogens is 911 g/mol. The average molecular weight is 982 g/mol. The van der Waals surface area contributed by atoms with E-state index < -0.39 is 121 Å². The van der Waals surface area contributed by atoms with E-state index in [-0.39, 0.29) is 95.5 Å². The van der Waals surface area contributed by atoms with Crippen molar-refractivity contribution in [2.24, 2.45) is 61.0 Å². The predicted molar refractivity (Wildman–Crippen MR) is 250 cm³/mol. The van der Waals surface area contributed by atoms with Gasteiger partial charge in [0.15, 0.2) is 17.9 Å². The molecule has 1 heterocycles. The van der Waals surface area contributed by atoms with Crippen LogP contribution < -0.4 is 82.7 Å². The number of guanidine groups is 3. The quantitative estimate of drug-likeness (QED) is 0.0174. The van der Waals surface area contributed by atoms with Crippen LogP contribution in [0.4, 0.5) is 0 Å². The summed E-state index contributed by atoms with van der Waals surface area (Å²) in [6.07, 6.45) is 0.942. The summed E-state index contributed by atoms with van der Waals surface area (Å²) in [5.41, 5.74) is 37.9. The minimum atomic E-state index is -1.36. The van der Waals surface area contributed by atoms with Crippen molar-refractivity contribution in [2.45, 2.75) is 108 Å². The molecule has 1 fully saturated rings. The van der Waals surface area contributed by atoms with Crippen molar-refractivity contribution in [3.8, 4) is 0 Å². The Morgan fingerprint density at radius 1 is 0.580 bits per heavy atom. The molecule has 0 spiro atoms. The van der Waals surface area contributed by atoms with E-state index in [1.54, 1.807) is 13.8 Å². The lowest BCUT2D eigenvalue weighted by Crippen LogP contribution is -2.59. The van der Waals surface area contributed by atoms with Gasteiger partial charge in [-0.25, -0.2) is 0 Å². The van der Waals surface area contributed by atoms with Crippen molar-refractivity contribution >= 4 is 77.0 Å². The number of nitrogens with zero attached hydrogens (tertiary/aromatic N) is 4. The highest BCUT2D eigenvalue weighted by Gasteiger charge is 2.37. The third kappa shape index (κ3) is 24.2. The van der Waals surface area contributed by atoms with Crippen LogP contribution in [0, 0.1) is 5.92 Å². The predicted octanol–water partition coefficient (Wildman–Crippen LogP) is -8.37. The number of nitrogens with one attached hydrogen (secondary N) is 8. The van der Waals surface area contributed by atoms with Crippen LogP contribution in [0.2, 0.25) is 0 Å². The highest BCUT2D eigenvalue weighted by molar-refractivity contribution is 5.97. The maximum Gasteiger partial charge on any atom is 0.322 e. The monoisotopic (exact) mass is 982 g/mol. The molecule has 0 aromatic heterocycles. The van der Waals surface area contributed by atoms with Gasteiger partial charge in [-0.15, -0.1) is 0 Å². The van der Waals surface area contributed by atoms with E-state index in [1.807, 2.05) is 0 Å². The van der Waals surface area contributed by atoms with Crippen molar-refractivity contribution in [3.05, 3.63) is 0 Å². The number of carbonyl (C=O) groups is 10. The number of carboxylic acid groups (broad SMARTS) is 1. The van der Waals surface area contributed by atoms with Gasteiger partial charge in [0.05, 0.1) is 19.6 Å². The molecule has 1 aliphatic rings. The lowest BCUT2D eigenvalue weighted by Gasteiger charge is -2.28. The average Bonchev–Trinajstić information content (AvgIpc) is 3.78. The van der Waals surface area contributed by atoms with Gasteiger partial charge in [-0.05, 0) is 64.2 Å². The van der Waals surface area contributed by atoms with Crippen LogP contribution in [0.3, 0.4) is 0 Å². The Hall–Kier alpha value is -7.53. The molecular formula is C39H71N19O11. The molecule has 30 heteroatoms. The zero-order valence-electron chi connectivity index (χ0n) is 39.2. The van der Waals surface area contributed by atoms with E-state index in [9.17, 15) is 47.9 Å². The van der Waals surface area contributed by atoms with Gasteiger partial charge in [0.1, 0.15) is 42.8 Å². The maximum atomic E-state index is 14.0. The number of aliphatic imine (C=N–C) groups is 3. The van der Waals surface area contributed by atoms with Crippen LogP contribution in [-0.4, -0.2) is 176 Å². The molecule has 6 atom stereocenters. The van der Waals surface area contributed by atoms with Gasteiger partial charge in [0.2, 0.25) is 53.2 Å². The summed E-state index contributed by atoms with van der Waals surface area (Å²) in [7, 11) is 0. The number of carbonyl (C=O) groups excluding carboxylic acids is 9. The zero-order chi connectivity index (χ0) is 52.2. The van der Waals surface area contributed by atoms with E-state index in [0.29, 0.717) is 6.42 Å². The first-order chi connectivity index (χ1) is 32.5. The van der Waals surface area contributed by atoms with E-state index in [1.165, 1.54) is 11.8 Å². The molecule has 69 heavy (non-hydrogen) atoms. The fourth-order valence-electron chi connectivity index (χ4n) is 6.52. The summed E-state index contributed by atoms with van der Waals surface area (Å²) in [5, 5.41) is 28.7. The molecule has 0 saturated carbocycles. The van der Waals surface area contributed by atoms with Crippen LogP contribution in [0.25, 0.3) is 0 Å². The number of amides is 9. The van der Waals surface area contributed by atoms with Gasteiger partial charge in [0, 0.05) is 26.2 Å². The van der Waals surface area contributed by atoms with E-state index in [2.05, 4.69) is 57.5 Å². The van der Waals surface area contributed by atoms with Crippen molar-refractivity contribution in [3.63, 3.8) is 0 Å². The molecule has 0 aromatic rings. The SMILES string of the molecule is CC(C)[C@H](NC(=O)[C@H](CCCN=C(N)N)NC(=O)[C@H](C)NC(=O)[C@H](CCCN=C(N)N)NC(=O)[C@H](CCCN=C(N)N)NC(=O)[C@@H]1CCCN1C(=O)CNC(=O)CNC(=O)CN)C(=O)NCC(=O)O. The summed E-state index contributed by atoms with van der Waals surface area (Å²) in [6.45, 7) is 2.89. The number of hydrogen-bond acceptors (Lipinski definition) is 14. The molecule has 23 N–H and O–H groups in total. The highest BCUT2D eigenvalue weighted by Crippen LogP contribution is 2.18. The smallest absolute Gasteiger partial charge is 0.322 e. The molecule has 0 aromatic carbocycles. The number of aliphatic carboxylic acids is 1. The van der Waals surface area contributed by atoms with Crippen molar-refractivity contribution in [1.82, 2.24) is 47.4 Å². The molecule has 1 saturated heterocycles. The third-order valence-electron chi connectivity index (χ3n) is 10.1. The zero-order valence-corrected chi connectivity index (χ0v) is 39.2. The Kier molecular flexibility index (Phi) is 27.1. The Bertz CT molecular complexity index is 1880. The van der Waals surface area contributed by atoms with Gasteiger partial charge in [-0.2, -0.15) is 0 Å². The first-order valence-corrected chi connectivity index (χ1v) is 22.2. The highest BCUT2D eigenvalue weighted by atomic mass is 16.4. The Labute approximate surface area is 398 Å². The van der Waals surface area contributed by atoms with E-state index >= 15 is 0 Å². The van der Waals surface area contributed by atoms with Gasteiger partial charge < -0.3 is 92.7 Å². The number of carboxylic acids is 1. The Morgan fingerprint density at radius 3 is 1.52 bits per heavy atom. The van der Waals surface area contributed by atoms with Gasteiger partial charge in [-0.3, -0.25) is 62.9 Å². The Morgan fingerprint density at radius 2 is 1.04 bits per heavy atom. The minimum absolute atomic E-state index is 0.0351. The van der Waals surface area contributed by atoms with Crippen LogP contribution >= 0.6 is 0 Å². The second-order valence-electron chi connectivity index (χ2n) is 16.1. The molecule has 1 aliphatic heterocycles. The fourth-order valence-corrected chi connectivity index (χ4v) is 6.52. The lowest BCUT2D eigenvalue weighted by molar-refractivity contribution is -0.140. The number of likely N-dealkylation sites (tertiary alicyclic amines) is 1. The molecule has 9 amide bonds. The summed E-state index contributed by atoms with van der Waals surface area (Å²) < 4.78 is 0. The summed E-state index contributed by atoms with van der Waals surface area (Å²) >= 11 is 0. The van der Waals surface area contributed by atoms with Crippen LogP contribution in [-0.2, 0) is 47.9 Å². The molecule has 388 valence electrons. The third-order valence-corrected chi connectivity index (χ3v) is 10.1. The van der Waals surface area contributed by atoms with E-state index in [4.69, 9.17) is 45.2 Å². The molecule has 0 unspecified atom stereocenters. The lowest BCUT2D eigenvalue weighted by atomic mass is 10.0. The number of nitrogens with two attached hydrogens (primary N) is 7. The largest absolute Gasteiger partial charge is 0.480 e. The van der Waals surface area contributed by atoms with Crippen LogP contribution in [0.1, 0.15) is 72.1 Å². The van der Waals surface area contributed by atoms with Crippen molar-refractivity contribution < 1.29 is 53.1 Å². The second-order valence-corrected chi connectivity index (χ2v) is 16.1. The number of hydrogen-bond donors (Lipinski definition) is 16. The standard InChI is InChI=1S/C39H71N19O11/c1-20(2)30(36(69)52-19-29(62)63)57-34(67)24(10-6-14-49-39(45)46)54-31(64)21(3)53-32(65)22(8-4-12-47-37(41)42)55-33(66)23(9-5-13-48-38(43)44)56-35(68)25-11-7-15-58(25)28(61)18-51-27(60)17-50-26(59)16-40/h20-25,30H,4-19,40H2,1-3H3,(H,50,59)(H,51,60)(H,52,69)(H,53,65)(H,54,64)(H,55,66)(H,56,68)(H,57,67)(H,62,63)(H4,41,42,47)(H4,43,44,48)(H4,45,46,49)/t21-,22-,23-,24-,25-,30-/m0/s1. The van der Waals surface area contributed by atoms with E-state index in [0.717, 1.165) is 0 Å². The summed E-state index contributed by atoms with van der Waals surface area (Å²) in [4.78, 5) is 142. The molecule has 0 bridgehead atoms. The summed E-state index contributed by atoms with van der Waals surface area (Å²) in [5.74, 6) is -9.19. The topological polar surface area (TPSA) is 510 Å². The first kappa shape index (κ1) is 59.5. The molecule has 1 rings (SSSR count).